The number of amides is 1. The highest BCUT2D eigenvalue weighted by Gasteiger charge is 2.25. The van der Waals surface area contributed by atoms with Gasteiger partial charge in [0.15, 0.2) is 0 Å². The lowest BCUT2D eigenvalue weighted by Crippen LogP contribution is -2.41. The summed E-state index contributed by atoms with van der Waals surface area (Å²) in [5, 5.41) is 0. The Morgan fingerprint density at radius 1 is 0.397 bits per heavy atom. The fraction of sp³-hybridized carbons (Fsp3) is 0.941. The molecule has 0 bridgehead atoms. The van der Waals surface area contributed by atoms with Gasteiger partial charge in [0.25, 0.3) is 0 Å². The van der Waals surface area contributed by atoms with Crippen LogP contribution in [0.5, 0.6) is 0 Å². The molecule has 0 fully saturated rings. The Morgan fingerprint density at radius 2 is 0.672 bits per heavy atom. The Bertz CT molecular complexity index is 833. The molecule has 0 N–H and O–H groups in total. The summed E-state index contributed by atoms with van der Waals surface area (Å²) in [6, 6.07) is 0. The lowest BCUT2D eigenvalue weighted by molar-refractivity contribution is -0.153. The molecule has 1 unspecified atom stereocenters. The van der Waals surface area contributed by atoms with Crippen molar-refractivity contribution >= 4 is 17.8 Å². The van der Waals surface area contributed by atoms with Crippen molar-refractivity contribution in [2.24, 2.45) is 17.8 Å². The predicted octanol–water partition coefficient (Wildman–Crippen LogP) is 14.3. The molecule has 7 nitrogen and oxygen atoms in total. The highest BCUT2D eigenvalue weighted by atomic mass is 16.5. The summed E-state index contributed by atoms with van der Waals surface area (Å²) in [6.45, 7) is 12.8. The van der Waals surface area contributed by atoms with Crippen LogP contribution in [0, 0.1) is 17.8 Å². The standard InChI is InChI=1S/C51H100N2O5/c1-8-12-16-20-24-28-32-36-47(37-33-29-25-21-17-13-9-2)50(55)57-44-42-53(49(54)46(5)40-41-52(6)7)43-45-58-51(56)48(38-34-30-26-22-18-14-10-3)39-35-31-27-23-19-15-11-4/h46-48H,8-45H2,1-7H3. The van der Waals surface area contributed by atoms with Crippen LogP contribution in [0.4, 0.5) is 0 Å². The van der Waals surface area contributed by atoms with E-state index in [2.05, 4.69) is 32.6 Å². The number of carbonyl (C=O) groups excluding carboxylic acids is 3. The van der Waals surface area contributed by atoms with Gasteiger partial charge in [-0.1, -0.05) is 214 Å². The molecule has 0 radical (unpaired) electrons. The Labute approximate surface area is 361 Å². The molecule has 0 aromatic rings. The molecule has 1 atom stereocenters. The summed E-state index contributed by atoms with van der Waals surface area (Å²) in [5.41, 5.74) is 0. The third-order valence-corrected chi connectivity index (χ3v) is 12.2. The van der Waals surface area contributed by atoms with E-state index in [1.807, 2.05) is 21.0 Å². The van der Waals surface area contributed by atoms with Crippen LogP contribution in [0.25, 0.3) is 0 Å². The normalized spacial score (nSPS) is 12.2. The van der Waals surface area contributed by atoms with Crippen LogP contribution in [-0.4, -0.2) is 74.6 Å². The molecule has 0 aliphatic heterocycles. The fourth-order valence-electron chi connectivity index (χ4n) is 8.12. The highest BCUT2D eigenvalue weighted by molar-refractivity contribution is 5.78. The Balaban J connectivity index is 5.39. The van der Waals surface area contributed by atoms with Gasteiger partial charge in [0, 0.05) is 5.92 Å². The van der Waals surface area contributed by atoms with Crippen LogP contribution in [0.15, 0.2) is 0 Å². The zero-order valence-electron chi connectivity index (χ0n) is 40.0. The third kappa shape index (κ3) is 34.1. The van der Waals surface area contributed by atoms with E-state index in [0.717, 1.165) is 64.3 Å². The van der Waals surface area contributed by atoms with E-state index in [0.29, 0.717) is 13.1 Å². The summed E-state index contributed by atoms with van der Waals surface area (Å²) in [4.78, 5) is 44.7. The summed E-state index contributed by atoms with van der Waals surface area (Å²) in [5.74, 6) is -0.469. The van der Waals surface area contributed by atoms with Crippen molar-refractivity contribution in [3.63, 3.8) is 0 Å². The van der Waals surface area contributed by atoms with Crippen LogP contribution < -0.4 is 0 Å². The van der Waals surface area contributed by atoms with Crippen molar-refractivity contribution in [3.05, 3.63) is 0 Å². The van der Waals surface area contributed by atoms with Crippen molar-refractivity contribution in [3.8, 4) is 0 Å². The predicted molar refractivity (Wildman–Crippen MR) is 248 cm³/mol. The first-order valence-corrected chi connectivity index (χ1v) is 25.5. The molecule has 0 heterocycles. The van der Waals surface area contributed by atoms with Gasteiger partial charge in [-0.05, 0) is 52.7 Å². The molecule has 0 aliphatic rings. The maximum atomic E-state index is 13.8. The van der Waals surface area contributed by atoms with E-state index in [4.69, 9.17) is 9.47 Å². The number of nitrogens with zero attached hydrogens (tertiary/aromatic N) is 2. The molecule has 0 spiro atoms. The number of esters is 2. The highest BCUT2D eigenvalue weighted by Crippen LogP contribution is 2.23. The first-order valence-electron chi connectivity index (χ1n) is 25.5. The molecule has 344 valence electrons. The van der Waals surface area contributed by atoms with Gasteiger partial charge in [-0.25, -0.2) is 0 Å². The zero-order chi connectivity index (χ0) is 42.9. The summed E-state index contributed by atoms with van der Waals surface area (Å²) in [7, 11) is 4.05. The van der Waals surface area contributed by atoms with E-state index >= 15 is 0 Å². The summed E-state index contributed by atoms with van der Waals surface area (Å²) < 4.78 is 11.9. The number of ether oxygens (including phenoxy) is 2. The van der Waals surface area contributed by atoms with Gasteiger partial charge in [0.2, 0.25) is 5.91 Å². The van der Waals surface area contributed by atoms with E-state index in [1.54, 1.807) is 4.90 Å². The van der Waals surface area contributed by atoms with Crippen molar-refractivity contribution in [1.82, 2.24) is 9.80 Å². The second-order valence-corrected chi connectivity index (χ2v) is 18.2. The monoisotopic (exact) mass is 821 g/mol. The van der Waals surface area contributed by atoms with Crippen molar-refractivity contribution in [2.75, 3.05) is 46.9 Å². The van der Waals surface area contributed by atoms with Crippen molar-refractivity contribution in [1.29, 1.82) is 0 Å². The topological polar surface area (TPSA) is 76.1 Å². The number of hydrogen-bond acceptors (Lipinski definition) is 6. The van der Waals surface area contributed by atoms with Crippen molar-refractivity contribution in [2.45, 2.75) is 247 Å². The SMILES string of the molecule is CCCCCCCCCC(CCCCCCCCC)C(=O)OCCN(CCOC(=O)C(CCCCCCCCC)CCCCCCCCC)C(=O)C(C)CCN(C)C. The number of rotatable bonds is 44. The number of carbonyl (C=O) groups is 3. The van der Waals surface area contributed by atoms with E-state index < -0.39 is 0 Å². The van der Waals surface area contributed by atoms with Crippen LogP contribution in [-0.2, 0) is 23.9 Å². The largest absolute Gasteiger partial charge is 0.464 e. The minimum atomic E-state index is -0.168. The maximum Gasteiger partial charge on any atom is 0.308 e. The Hall–Kier alpha value is -1.63. The molecule has 0 rings (SSSR count). The van der Waals surface area contributed by atoms with Gasteiger partial charge < -0.3 is 19.3 Å². The van der Waals surface area contributed by atoms with Crippen LogP contribution in [0.1, 0.15) is 247 Å². The van der Waals surface area contributed by atoms with E-state index in [-0.39, 0.29) is 48.8 Å². The Morgan fingerprint density at radius 3 is 0.948 bits per heavy atom. The van der Waals surface area contributed by atoms with E-state index in [9.17, 15) is 14.4 Å². The summed E-state index contributed by atoms with van der Waals surface area (Å²) in [6.07, 6.45) is 38.9. The van der Waals surface area contributed by atoms with Gasteiger partial charge in [0.05, 0.1) is 24.9 Å². The van der Waals surface area contributed by atoms with E-state index in [1.165, 1.54) is 154 Å². The molecule has 0 aromatic heterocycles. The average Bonchev–Trinajstić information content (AvgIpc) is 3.21. The maximum absolute atomic E-state index is 13.8. The third-order valence-electron chi connectivity index (χ3n) is 12.2. The van der Waals surface area contributed by atoms with Gasteiger partial charge in [-0.3, -0.25) is 14.4 Å². The second kappa shape index (κ2) is 42.1. The molecule has 0 saturated carbocycles. The molecule has 7 heteroatoms. The number of hydrogen-bond donors (Lipinski definition) is 0. The lowest BCUT2D eigenvalue weighted by Gasteiger charge is -2.27. The molecule has 0 aromatic carbocycles. The van der Waals surface area contributed by atoms with Crippen LogP contribution >= 0.6 is 0 Å². The minimum absolute atomic E-state index is 0.0411. The van der Waals surface area contributed by atoms with Crippen LogP contribution in [0.2, 0.25) is 0 Å². The molecule has 1 amide bonds. The first kappa shape index (κ1) is 56.4. The number of unbranched alkanes of at least 4 members (excludes halogenated alkanes) is 24. The molecule has 58 heavy (non-hydrogen) atoms. The smallest absolute Gasteiger partial charge is 0.308 e. The lowest BCUT2D eigenvalue weighted by atomic mass is 9.94. The molecule has 0 aliphatic carbocycles. The fourth-order valence-corrected chi connectivity index (χ4v) is 8.12. The quantitative estimate of drug-likeness (QED) is 0.0450. The summed E-state index contributed by atoms with van der Waals surface area (Å²) >= 11 is 0. The molecular formula is C51H100N2O5. The second-order valence-electron chi connectivity index (χ2n) is 18.2. The van der Waals surface area contributed by atoms with Gasteiger partial charge in [-0.15, -0.1) is 0 Å². The van der Waals surface area contributed by atoms with Crippen LogP contribution in [0.3, 0.4) is 0 Å². The Kier molecular flexibility index (Phi) is 40.9. The average molecular weight is 821 g/mol. The minimum Gasteiger partial charge on any atom is -0.464 e. The van der Waals surface area contributed by atoms with Crippen molar-refractivity contribution < 1.29 is 23.9 Å². The zero-order valence-corrected chi connectivity index (χ0v) is 40.0. The van der Waals surface area contributed by atoms with Gasteiger partial charge in [-0.2, -0.15) is 0 Å². The molecular weight excluding hydrogens is 721 g/mol. The first-order chi connectivity index (χ1) is 28.2. The van der Waals surface area contributed by atoms with Gasteiger partial charge >= 0.3 is 11.9 Å². The molecule has 0 saturated heterocycles. The van der Waals surface area contributed by atoms with Gasteiger partial charge in [0.1, 0.15) is 13.2 Å².